The molecule has 0 atom stereocenters. The number of para-hydroxylation sites is 1. The molecule has 0 saturated carbocycles. The molecule has 0 spiro atoms. The summed E-state index contributed by atoms with van der Waals surface area (Å²) in [5.41, 5.74) is 1.21. The maximum absolute atomic E-state index is 12.4. The number of piperazine rings is 1. The van der Waals surface area contributed by atoms with Crippen molar-refractivity contribution >= 4 is 34.3 Å². The Morgan fingerprint density at radius 2 is 1.69 bits per heavy atom. The van der Waals surface area contributed by atoms with Crippen molar-refractivity contribution in [3.8, 4) is 21.6 Å². The monoisotopic (exact) mass is 378 g/mol. The summed E-state index contributed by atoms with van der Waals surface area (Å²) in [5.74, 6) is 5.77. The molecular weight excluding hydrogens is 360 g/mol. The van der Waals surface area contributed by atoms with Crippen LogP contribution in [0.4, 0.5) is 5.69 Å². The van der Waals surface area contributed by atoms with Gasteiger partial charge in [-0.15, -0.1) is 22.7 Å². The van der Waals surface area contributed by atoms with Crippen LogP contribution in [0, 0.1) is 11.8 Å². The highest BCUT2D eigenvalue weighted by Gasteiger charge is 2.20. The van der Waals surface area contributed by atoms with Gasteiger partial charge in [-0.05, 0) is 41.6 Å². The first-order chi connectivity index (χ1) is 12.8. The van der Waals surface area contributed by atoms with Crippen molar-refractivity contribution in [2.75, 3.05) is 31.1 Å². The van der Waals surface area contributed by atoms with Gasteiger partial charge in [-0.25, -0.2) is 0 Å². The van der Waals surface area contributed by atoms with E-state index in [4.69, 9.17) is 0 Å². The van der Waals surface area contributed by atoms with Gasteiger partial charge in [0.15, 0.2) is 0 Å². The molecule has 1 aromatic carbocycles. The van der Waals surface area contributed by atoms with Crippen LogP contribution >= 0.6 is 22.7 Å². The van der Waals surface area contributed by atoms with Crippen LogP contribution in [0.3, 0.4) is 0 Å². The number of thiophene rings is 2. The largest absolute Gasteiger partial charge is 0.368 e. The van der Waals surface area contributed by atoms with E-state index in [1.807, 2.05) is 35.2 Å². The lowest BCUT2D eigenvalue weighted by Gasteiger charge is -2.35. The number of carbonyl (C=O) groups is 1. The van der Waals surface area contributed by atoms with Gasteiger partial charge in [0, 0.05) is 47.5 Å². The summed E-state index contributed by atoms with van der Waals surface area (Å²) in [5, 5.41) is 2.07. The Hall–Kier alpha value is -2.55. The molecule has 1 aliphatic heterocycles. The van der Waals surface area contributed by atoms with Gasteiger partial charge < -0.3 is 9.80 Å². The third kappa shape index (κ3) is 3.82. The second kappa shape index (κ2) is 7.77. The Balaban J connectivity index is 1.36. The van der Waals surface area contributed by atoms with Crippen molar-refractivity contribution in [1.82, 2.24) is 4.90 Å². The third-order valence-corrected chi connectivity index (χ3v) is 6.42. The fourth-order valence-corrected chi connectivity index (χ4v) is 4.65. The van der Waals surface area contributed by atoms with Gasteiger partial charge in [0.2, 0.25) is 0 Å². The SMILES string of the molecule is O=C(C#Cc1ccc(-c2cccs2)s1)N1CCN(c2ccccc2)CC1. The highest BCUT2D eigenvalue weighted by atomic mass is 32.1. The fourth-order valence-electron chi connectivity index (χ4n) is 2.96. The molecule has 3 heterocycles. The van der Waals surface area contributed by atoms with Gasteiger partial charge in [0.25, 0.3) is 5.91 Å². The molecule has 3 aromatic rings. The molecule has 26 heavy (non-hydrogen) atoms. The Labute approximate surface area is 161 Å². The molecule has 3 nitrogen and oxygen atoms in total. The zero-order chi connectivity index (χ0) is 17.8. The molecule has 1 amide bonds. The summed E-state index contributed by atoms with van der Waals surface area (Å²) < 4.78 is 0. The minimum Gasteiger partial charge on any atom is -0.368 e. The molecule has 0 bridgehead atoms. The predicted octanol–water partition coefficient (Wildman–Crippen LogP) is 4.18. The number of anilines is 1. The quantitative estimate of drug-likeness (QED) is 0.625. The number of amides is 1. The van der Waals surface area contributed by atoms with E-state index in [0.717, 1.165) is 18.0 Å². The van der Waals surface area contributed by atoms with Crippen LogP contribution in [-0.2, 0) is 4.79 Å². The minimum atomic E-state index is -0.0798. The number of rotatable bonds is 2. The smallest absolute Gasteiger partial charge is 0.298 e. The van der Waals surface area contributed by atoms with Gasteiger partial charge in [-0.3, -0.25) is 4.79 Å². The van der Waals surface area contributed by atoms with Crippen molar-refractivity contribution in [2.45, 2.75) is 0 Å². The van der Waals surface area contributed by atoms with Crippen molar-refractivity contribution in [3.63, 3.8) is 0 Å². The van der Waals surface area contributed by atoms with E-state index < -0.39 is 0 Å². The van der Waals surface area contributed by atoms with E-state index in [0.29, 0.717) is 13.1 Å². The maximum Gasteiger partial charge on any atom is 0.298 e. The Kier molecular flexibility index (Phi) is 5.05. The minimum absolute atomic E-state index is 0.0798. The van der Waals surface area contributed by atoms with Crippen LogP contribution in [0.25, 0.3) is 9.75 Å². The lowest BCUT2D eigenvalue weighted by atomic mass is 10.2. The molecule has 1 aliphatic rings. The first kappa shape index (κ1) is 16.9. The van der Waals surface area contributed by atoms with Crippen molar-refractivity contribution in [1.29, 1.82) is 0 Å². The first-order valence-electron chi connectivity index (χ1n) is 8.54. The van der Waals surface area contributed by atoms with Gasteiger partial charge in [0.1, 0.15) is 0 Å². The number of nitrogens with zero attached hydrogens (tertiary/aromatic N) is 2. The summed E-state index contributed by atoms with van der Waals surface area (Å²) in [6.07, 6.45) is 0. The first-order valence-corrected chi connectivity index (χ1v) is 10.2. The highest BCUT2D eigenvalue weighted by Crippen LogP contribution is 2.31. The van der Waals surface area contributed by atoms with Gasteiger partial charge in [-0.1, -0.05) is 24.3 Å². The Bertz CT molecular complexity index is 927. The Morgan fingerprint density at radius 3 is 2.42 bits per heavy atom. The average Bonchev–Trinajstić information content (AvgIpc) is 3.38. The van der Waals surface area contributed by atoms with Crippen LogP contribution in [-0.4, -0.2) is 37.0 Å². The molecule has 0 N–H and O–H groups in total. The van der Waals surface area contributed by atoms with E-state index in [1.54, 1.807) is 22.7 Å². The van der Waals surface area contributed by atoms with Crippen molar-refractivity contribution < 1.29 is 4.79 Å². The van der Waals surface area contributed by atoms with Gasteiger partial charge in [0.05, 0.1) is 4.88 Å². The molecule has 0 radical (unpaired) electrons. The molecule has 0 unspecified atom stereocenters. The summed E-state index contributed by atoms with van der Waals surface area (Å²) in [4.78, 5) is 19.9. The number of benzene rings is 1. The molecular formula is C21H18N2OS2. The van der Waals surface area contributed by atoms with E-state index >= 15 is 0 Å². The summed E-state index contributed by atoms with van der Waals surface area (Å²) in [7, 11) is 0. The van der Waals surface area contributed by atoms with E-state index in [9.17, 15) is 4.79 Å². The van der Waals surface area contributed by atoms with Crippen LogP contribution in [0.1, 0.15) is 4.88 Å². The summed E-state index contributed by atoms with van der Waals surface area (Å²) in [6, 6.07) is 18.5. The standard InChI is InChI=1S/C21H18N2OS2/c24-21(11-9-18-8-10-20(26-18)19-7-4-16-25-19)23-14-12-22(13-15-23)17-5-2-1-3-6-17/h1-8,10,16H,12-15H2. The Morgan fingerprint density at radius 1 is 0.885 bits per heavy atom. The van der Waals surface area contributed by atoms with Gasteiger partial charge in [-0.2, -0.15) is 0 Å². The van der Waals surface area contributed by atoms with E-state index in [1.165, 1.54) is 15.4 Å². The summed E-state index contributed by atoms with van der Waals surface area (Å²) in [6.45, 7) is 3.12. The predicted molar refractivity (Wildman–Crippen MR) is 110 cm³/mol. The molecule has 1 saturated heterocycles. The number of hydrogen-bond donors (Lipinski definition) is 0. The second-order valence-electron chi connectivity index (χ2n) is 6.01. The zero-order valence-corrected chi connectivity index (χ0v) is 15.9. The normalized spacial score (nSPS) is 14.0. The second-order valence-corrected chi connectivity index (χ2v) is 8.04. The number of hydrogen-bond acceptors (Lipinski definition) is 4. The van der Waals surface area contributed by atoms with Crippen LogP contribution < -0.4 is 4.90 Å². The molecule has 2 aromatic heterocycles. The lowest BCUT2D eigenvalue weighted by molar-refractivity contribution is -0.125. The highest BCUT2D eigenvalue weighted by molar-refractivity contribution is 7.21. The average molecular weight is 379 g/mol. The molecule has 130 valence electrons. The van der Waals surface area contributed by atoms with E-state index in [-0.39, 0.29) is 5.91 Å². The lowest BCUT2D eigenvalue weighted by Crippen LogP contribution is -2.48. The maximum atomic E-state index is 12.4. The third-order valence-electron chi connectivity index (χ3n) is 4.35. The molecule has 5 heteroatoms. The van der Waals surface area contributed by atoms with Gasteiger partial charge >= 0.3 is 0 Å². The zero-order valence-electron chi connectivity index (χ0n) is 14.2. The van der Waals surface area contributed by atoms with E-state index in [2.05, 4.69) is 46.4 Å². The van der Waals surface area contributed by atoms with Crippen LogP contribution in [0.5, 0.6) is 0 Å². The van der Waals surface area contributed by atoms with Crippen LogP contribution in [0.15, 0.2) is 60.0 Å². The molecule has 0 aliphatic carbocycles. The van der Waals surface area contributed by atoms with Crippen molar-refractivity contribution in [3.05, 3.63) is 64.9 Å². The number of carbonyl (C=O) groups excluding carboxylic acids is 1. The summed E-state index contributed by atoms with van der Waals surface area (Å²) >= 11 is 3.35. The topological polar surface area (TPSA) is 23.6 Å². The fraction of sp³-hybridized carbons (Fsp3) is 0.190. The van der Waals surface area contributed by atoms with Crippen LogP contribution in [0.2, 0.25) is 0 Å². The van der Waals surface area contributed by atoms with Crippen molar-refractivity contribution in [2.24, 2.45) is 0 Å². The molecule has 4 rings (SSSR count). The molecule has 1 fully saturated rings.